The van der Waals surface area contributed by atoms with Crippen molar-refractivity contribution in [3.8, 4) is 0 Å². The van der Waals surface area contributed by atoms with Crippen LogP contribution in [0.4, 0.5) is 0 Å². The van der Waals surface area contributed by atoms with Gasteiger partial charge in [0.25, 0.3) is 0 Å². The van der Waals surface area contributed by atoms with Crippen LogP contribution in [-0.2, 0) is 19.1 Å². The van der Waals surface area contributed by atoms with Gasteiger partial charge in [0.1, 0.15) is 0 Å². The lowest BCUT2D eigenvalue weighted by molar-refractivity contribution is -0.153. The minimum Gasteiger partial charge on any atom is -0.481 e. The first-order chi connectivity index (χ1) is 16.6. The molecule has 2 heterocycles. The predicted octanol–water partition coefficient (Wildman–Crippen LogP) is 4.93. The van der Waals surface area contributed by atoms with E-state index in [1.807, 2.05) is 0 Å². The van der Waals surface area contributed by atoms with E-state index in [1.165, 1.54) is 0 Å². The Kier molecular flexibility index (Phi) is 13.7. The molecule has 0 aliphatic carbocycles. The molecular weight excluding hydrogens is 452 g/mol. The summed E-state index contributed by atoms with van der Waals surface area (Å²) < 4.78 is 12.1. The SMILES string of the molecule is CCCC1OC1(CC)CC(CCCC(=O)O)(CC1(CC)OC1CCC)C(=O)O.OCCCCCO. The van der Waals surface area contributed by atoms with Gasteiger partial charge in [-0.25, -0.2) is 0 Å². The molecule has 2 aliphatic heterocycles. The van der Waals surface area contributed by atoms with Crippen LogP contribution in [0, 0.1) is 5.41 Å². The van der Waals surface area contributed by atoms with Gasteiger partial charge in [0.2, 0.25) is 0 Å². The quantitative estimate of drug-likeness (QED) is 0.144. The molecule has 4 unspecified atom stereocenters. The van der Waals surface area contributed by atoms with Gasteiger partial charge in [0.05, 0.1) is 28.8 Å². The Hall–Kier alpha value is -1.22. The zero-order valence-corrected chi connectivity index (χ0v) is 22.4. The van der Waals surface area contributed by atoms with Crippen LogP contribution in [0.15, 0.2) is 0 Å². The van der Waals surface area contributed by atoms with Crippen molar-refractivity contribution < 1.29 is 39.5 Å². The molecule has 2 aliphatic rings. The summed E-state index contributed by atoms with van der Waals surface area (Å²) in [4.78, 5) is 23.7. The summed E-state index contributed by atoms with van der Waals surface area (Å²) in [6.45, 7) is 8.84. The summed E-state index contributed by atoms with van der Waals surface area (Å²) in [7, 11) is 0. The smallest absolute Gasteiger partial charge is 0.309 e. The van der Waals surface area contributed by atoms with Gasteiger partial charge >= 0.3 is 11.9 Å². The van der Waals surface area contributed by atoms with E-state index in [4.69, 9.17) is 24.8 Å². The standard InChI is InChI=1S/C22H38O6.C5H12O2/c1-5-10-16-21(7-3,27-16)14-20(19(25)26,13-9-12-18(23)24)15-22(8-4)17(28-22)11-6-2;6-4-2-1-3-5-7/h16-17H,5-15H2,1-4H3,(H,23,24)(H,25,26);6-7H,1-5H2. The van der Waals surface area contributed by atoms with Gasteiger partial charge in [0.15, 0.2) is 0 Å². The van der Waals surface area contributed by atoms with Crippen LogP contribution in [0.5, 0.6) is 0 Å². The maximum Gasteiger partial charge on any atom is 0.309 e. The average molecular weight is 503 g/mol. The van der Waals surface area contributed by atoms with Gasteiger partial charge in [-0.05, 0) is 70.6 Å². The number of hydrogen-bond acceptors (Lipinski definition) is 6. The number of carboxylic acids is 2. The fourth-order valence-electron chi connectivity index (χ4n) is 5.47. The molecule has 2 rings (SSSR count). The summed E-state index contributed by atoms with van der Waals surface area (Å²) in [5.74, 6) is -1.72. The minimum atomic E-state index is -1.01. The van der Waals surface area contributed by atoms with Crippen molar-refractivity contribution in [2.24, 2.45) is 5.41 Å². The Morgan fingerprint density at radius 3 is 1.54 bits per heavy atom. The molecular formula is C27H50O8. The molecule has 2 saturated heterocycles. The van der Waals surface area contributed by atoms with Gasteiger partial charge in [-0.1, -0.05) is 40.5 Å². The fraction of sp³-hybridized carbons (Fsp3) is 0.926. The monoisotopic (exact) mass is 502 g/mol. The van der Waals surface area contributed by atoms with Crippen LogP contribution < -0.4 is 0 Å². The molecule has 0 aromatic carbocycles. The van der Waals surface area contributed by atoms with Gasteiger partial charge in [0, 0.05) is 19.6 Å². The summed E-state index contributed by atoms with van der Waals surface area (Å²) in [5.41, 5.74) is -1.78. The van der Waals surface area contributed by atoms with Crippen molar-refractivity contribution in [2.75, 3.05) is 13.2 Å². The van der Waals surface area contributed by atoms with E-state index in [-0.39, 0.29) is 43.0 Å². The van der Waals surface area contributed by atoms with Crippen molar-refractivity contribution in [1.29, 1.82) is 0 Å². The van der Waals surface area contributed by atoms with Crippen LogP contribution in [-0.4, -0.2) is 69.0 Å². The second kappa shape index (κ2) is 15.1. The van der Waals surface area contributed by atoms with E-state index in [0.717, 1.165) is 57.8 Å². The molecule has 0 amide bonds. The maximum atomic E-state index is 12.6. The maximum absolute atomic E-state index is 12.6. The number of aliphatic hydroxyl groups is 2. The highest BCUT2D eigenvalue weighted by Gasteiger charge is 2.64. The van der Waals surface area contributed by atoms with E-state index in [9.17, 15) is 14.7 Å². The van der Waals surface area contributed by atoms with Crippen LogP contribution in [0.3, 0.4) is 0 Å². The molecule has 0 aromatic rings. The van der Waals surface area contributed by atoms with E-state index >= 15 is 0 Å². The number of carboxylic acid groups (broad SMARTS) is 2. The number of ether oxygens (including phenoxy) is 2. The average Bonchev–Trinajstić information content (AvgIpc) is 3.70. The third-order valence-electron chi connectivity index (χ3n) is 7.70. The third-order valence-corrected chi connectivity index (χ3v) is 7.70. The zero-order valence-electron chi connectivity index (χ0n) is 22.4. The lowest BCUT2D eigenvalue weighted by atomic mass is 9.67. The van der Waals surface area contributed by atoms with Gasteiger partial charge in [-0.2, -0.15) is 0 Å². The van der Waals surface area contributed by atoms with Gasteiger partial charge in [-0.3, -0.25) is 9.59 Å². The van der Waals surface area contributed by atoms with Crippen molar-refractivity contribution in [3.05, 3.63) is 0 Å². The van der Waals surface area contributed by atoms with Crippen LogP contribution in [0.1, 0.15) is 118 Å². The zero-order chi connectivity index (χ0) is 26.5. The molecule has 8 heteroatoms. The Labute approximate surface area is 211 Å². The molecule has 4 atom stereocenters. The second-order valence-electron chi connectivity index (χ2n) is 10.3. The molecule has 0 bridgehead atoms. The Morgan fingerprint density at radius 1 is 0.771 bits per heavy atom. The van der Waals surface area contributed by atoms with E-state index in [0.29, 0.717) is 25.7 Å². The number of aliphatic hydroxyl groups excluding tert-OH is 2. The first-order valence-corrected chi connectivity index (χ1v) is 13.7. The van der Waals surface area contributed by atoms with Gasteiger partial charge in [-0.15, -0.1) is 0 Å². The lowest BCUT2D eigenvalue weighted by Gasteiger charge is -2.34. The Morgan fingerprint density at radius 2 is 1.23 bits per heavy atom. The molecule has 0 spiro atoms. The first kappa shape index (κ1) is 31.8. The van der Waals surface area contributed by atoms with E-state index in [1.54, 1.807) is 0 Å². The molecule has 2 fully saturated rings. The summed E-state index contributed by atoms with van der Waals surface area (Å²) in [5, 5.41) is 35.8. The highest BCUT2D eigenvalue weighted by atomic mass is 16.6. The van der Waals surface area contributed by atoms with Crippen LogP contribution in [0.2, 0.25) is 0 Å². The first-order valence-electron chi connectivity index (χ1n) is 13.7. The number of unbranched alkanes of at least 4 members (excludes halogenated alkanes) is 2. The number of carbonyl (C=O) groups is 2. The van der Waals surface area contributed by atoms with Crippen molar-refractivity contribution >= 4 is 11.9 Å². The van der Waals surface area contributed by atoms with Crippen molar-refractivity contribution in [3.63, 3.8) is 0 Å². The summed E-state index contributed by atoms with van der Waals surface area (Å²) >= 11 is 0. The van der Waals surface area contributed by atoms with Crippen molar-refractivity contribution in [2.45, 2.75) is 141 Å². The highest BCUT2D eigenvalue weighted by molar-refractivity contribution is 5.75. The topological polar surface area (TPSA) is 140 Å². The number of hydrogen-bond donors (Lipinski definition) is 4. The molecule has 0 saturated carbocycles. The lowest BCUT2D eigenvalue weighted by Crippen LogP contribution is -2.41. The largest absolute Gasteiger partial charge is 0.481 e. The van der Waals surface area contributed by atoms with E-state index < -0.39 is 17.4 Å². The molecule has 8 nitrogen and oxygen atoms in total. The summed E-state index contributed by atoms with van der Waals surface area (Å²) in [6.07, 6.45) is 9.85. The van der Waals surface area contributed by atoms with Crippen LogP contribution in [0.25, 0.3) is 0 Å². The number of aliphatic carboxylic acids is 2. The predicted molar refractivity (Wildman–Crippen MR) is 134 cm³/mol. The third kappa shape index (κ3) is 9.30. The molecule has 35 heavy (non-hydrogen) atoms. The van der Waals surface area contributed by atoms with E-state index in [2.05, 4.69) is 27.7 Å². The Bertz CT molecular complexity index is 605. The second-order valence-corrected chi connectivity index (χ2v) is 10.3. The highest BCUT2D eigenvalue weighted by Crippen LogP contribution is 2.57. The number of rotatable bonds is 19. The van der Waals surface area contributed by atoms with Crippen molar-refractivity contribution in [1.82, 2.24) is 0 Å². The number of epoxide rings is 2. The molecule has 4 N–H and O–H groups in total. The molecule has 0 aromatic heterocycles. The minimum absolute atomic E-state index is 0.00816. The van der Waals surface area contributed by atoms with Crippen LogP contribution >= 0.6 is 0 Å². The molecule has 206 valence electrons. The summed E-state index contributed by atoms with van der Waals surface area (Å²) in [6, 6.07) is 0. The normalized spacial score (nSPS) is 28.5. The molecule has 0 radical (unpaired) electrons. The fourth-order valence-corrected chi connectivity index (χ4v) is 5.47. The van der Waals surface area contributed by atoms with Gasteiger partial charge < -0.3 is 29.9 Å². The Balaban J connectivity index is 0.000000762.